The van der Waals surface area contributed by atoms with Crippen molar-refractivity contribution in [2.24, 2.45) is 0 Å². The fraction of sp³-hybridized carbons (Fsp3) is 0.385. The number of nitrogens with zero attached hydrogens (tertiary/aromatic N) is 4. The first-order valence-corrected chi connectivity index (χ1v) is 6.53. The molecular formula is C13H16N4O4. The van der Waals surface area contributed by atoms with Gasteiger partial charge in [0.1, 0.15) is 12.9 Å². The van der Waals surface area contributed by atoms with Crippen LogP contribution in [0, 0.1) is 10.1 Å². The van der Waals surface area contributed by atoms with E-state index in [1.54, 1.807) is 4.68 Å². The Morgan fingerprint density at radius 2 is 2.29 bits per heavy atom. The van der Waals surface area contributed by atoms with Crippen LogP contribution in [0.3, 0.4) is 0 Å². The van der Waals surface area contributed by atoms with Crippen LogP contribution in [-0.2, 0) is 19.8 Å². The average molecular weight is 292 g/mol. The number of nitro benzene ring substituents is 1. The molecule has 2 rings (SSSR count). The molecule has 8 nitrogen and oxygen atoms in total. The van der Waals surface area contributed by atoms with Crippen molar-refractivity contribution >= 4 is 5.69 Å². The standard InChI is InChI=1S/C13H16N4O4/c1-2-5-16-13(14-9-15-16)8-21-12-6-10(7-18)3-4-11(12)17(19)20/h3-4,6,9,18H,2,5,7-8H2,1H3. The smallest absolute Gasteiger partial charge is 0.310 e. The first kappa shape index (κ1) is 14.9. The largest absolute Gasteiger partial charge is 0.479 e. The molecule has 0 saturated heterocycles. The Kier molecular flexibility index (Phi) is 4.83. The van der Waals surface area contributed by atoms with Crippen LogP contribution in [0.1, 0.15) is 24.7 Å². The van der Waals surface area contributed by atoms with E-state index >= 15 is 0 Å². The molecule has 1 heterocycles. The number of aliphatic hydroxyl groups excluding tert-OH is 1. The Morgan fingerprint density at radius 3 is 2.95 bits per heavy atom. The van der Waals surface area contributed by atoms with E-state index in [9.17, 15) is 10.1 Å². The zero-order valence-corrected chi connectivity index (χ0v) is 11.6. The summed E-state index contributed by atoms with van der Waals surface area (Å²) in [4.78, 5) is 14.5. The Balaban J connectivity index is 2.18. The minimum absolute atomic E-state index is 0.0791. The summed E-state index contributed by atoms with van der Waals surface area (Å²) in [5.41, 5.74) is 0.402. The van der Waals surface area contributed by atoms with Crippen LogP contribution in [0.2, 0.25) is 0 Å². The van der Waals surface area contributed by atoms with Crippen molar-refractivity contribution in [3.8, 4) is 5.75 Å². The highest BCUT2D eigenvalue weighted by Crippen LogP contribution is 2.28. The summed E-state index contributed by atoms with van der Waals surface area (Å²) in [5.74, 6) is 0.707. The number of hydrogen-bond donors (Lipinski definition) is 1. The van der Waals surface area contributed by atoms with Crippen LogP contribution in [0.25, 0.3) is 0 Å². The summed E-state index contributed by atoms with van der Waals surface area (Å²) >= 11 is 0. The monoisotopic (exact) mass is 292 g/mol. The summed E-state index contributed by atoms with van der Waals surface area (Å²) in [6, 6.07) is 4.26. The molecule has 0 amide bonds. The summed E-state index contributed by atoms with van der Waals surface area (Å²) in [6.45, 7) is 2.59. The van der Waals surface area contributed by atoms with E-state index in [4.69, 9.17) is 9.84 Å². The van der Waals surface area contributed by atoms with E-state index in [2.05, 4.69) is 10.1 Å². The SMILES string of the molecule is CCCn1ncnc1COc1cc(CO)ccc1[N+](=O)[O-]. The lowest BCUT2D eigenvalue weighted by Gasteiger charge is -2.08. The average Bonchev–Trinajstić information content (AvgIpc) is 2.92. The number of aryl methyl sites for hydroxylation is 1. The molecule has 0 atom stereocenters. The molecule has 0 aliphatic heterocycles. The first-order chi connectivity index (χ1) is 10.2. The van der Waals surface area contributed by atoms with Crippen LogP contribution in [-0.4, -0.2) is 24.8 Å². The summed E-state index contributed by atoms with van der Waals surface area (Å²) in [6.07, 6.45) is 2.32. The second-order valence-corrected chi connectivity index (χ2v) is 4.41. The maximum Gasteiger partial charge on any atom is 0.310 e. The van der Waals surface area contributed by atoms with Gasteiger partial charge in [0.05, 0.1) is 11.5 Å². The molecule has 0 aliphatic rings. The van der Waals surface area contributed by atoms with Crippen molar-refractivity contribution in [1.29, 1.82) is 0 Å². The molecule has 2 aromatic rings. The quantitative estimate of drug-likeness (QED) is 0.615. The molecule has 1 N–H and O–H groups in total. The van der Waals surface area contributed by atoms with E-state index in [1.165, 1.54) is 24.5 Å². The molecule has 0 spiro atoms. The minimum Gasteiger partial charge on any atom is -0.479 e. The zero-order chi connectivity index (χ0) is 15.2. The van der Waals surface area contributed by atoms with Gasteiger partial charge in [-0.1, -0.05) is 6.92 Å². The van der Waals surface area contributed by atoms with Crippen molar-refractivity contribution in [2.45, 2.75) is 33.1 Å². The van der Waals surface area contributed by atoms with Gasteiger partial charge in [-0.25, -0.2) is 9.67 Å². The molecule has 1 aromatic heterocycles. The van der Waals surface area contributed by atoms with Gasteiger partial charge in [0.2, 0.25) is 0 Å². The van der Waals surface area contributed by atoms with E-state index in [0.29, 0.717) is 17.9 Å². The second kappa shape index (κ2) is 6.80. The van der Waals surface area contributed by atoms with Gasteiger partial charge in [0.25, 0.3) is 0 Å². The highest BCUT2D eigenvalue weighted by Gasteiger charge is 2.16. The van der Waals surface area contributed by atoms with Crippen LogP contribution < -0.4 is 4.74 Å². The number of ether oxygens (including phenoxy) is 1. The van der Waals surface area contributed by atoms with Crippen molar-refractivity contribution in [3.63, 3.8) is 0 Å². The van der Waals surface area contributed by atoms with E-state index < -0.39 is 4.92 Å². The Labute approximate surface area is 121 Å². The first-order valence-electron chi connectivity index (χ1n) is 6.53. The van der Waals surface area contributed by atoms with E-state index in [-0.39, 0.29) is 24.7 Å². The lowest BCUT2D eigenvalue weighted by atomic mass is 10.2. The van der Waals surface area contributed by atoms with Gasteiger partial charge >= 0.3 is 5.69 Å². The van der Waals surface area contributed by atoms with Gasteiger partial charge in [-0.3, -0.25) is 10.1 Å². The lowest BCUT2D eigenvalue weighted by molar-refractivity contribution is -0.386. The van der Waals surface area contributed by atoms with Crippen molar-refractivity contribution in [2.75, 3.05) is 0 Å². The molecule has 1 aromatic carbocycles. The van der Waals surface area contributed by atoms with Gasteiger partial charge in [0.15, 0.2) is 11.6 Å². The molecule has 0 saturated carbocycles. The fourth-order valence-corrected chi connectivity index (χ4v) is 1.86. The molecule has 21 heavy (non-hydrogen) atoms. The van der Waals surface area contributed by atoms with Crippen LogP contribution in [0.4, 0.5) is 5.69 Å². The number of hydrogen-bond acceptors (Lipinski definition) is 6. The number of benzene rings is 1. The fourth-order valence-electron chi connectivity index (χ4n) is 1.86. The Hall–Kier alpha value is -2.48. The van der Waals surface area contributed by atoms with Crippen molar-refractivity contribution < 1.29 is 14.8 Å². The molecule has 0 aliphatic carbocycles. The topological polar surface area (TPSA) is 103 Å². The third kappa shape index (κ3) is 3.54. The highest BCUT2D eigenvalue weighted by molar-refractivity contribution is 5.48. The predicted octanol–water partition coefficient (Wildman–Crippen LogP) is 1.67. The highest BCUT2D eigenvalue weighted by atomic mass is 16.6. The third-order valence-electron chi connectivity index (χ3n) is 2.89. The van der Waals surface area contributed by atoms with Gasteiger partial charge < -0.3 is 9.84 Å². The van der Waals surface area contributed by atoms with Crippen molar-refractivity contribution in [1.82, 2.24) is 14.8 Å². The van der Waals surface area contributed by atoms with Crippen LogP contribution >= 0.6 is 0 Å². The number of rotatable bonds is 7. The Morgan fingerprint density at radius 1 is 1.48 bits per heavy atom. The minimum atomic E-state index is -0.521. The zero-order valence-electron chi connectivity index (χ0n) is 11.6. The predicted molar refractivity (Wildman–Crippen MR) is 73.7 cm³/mol. The summed E-state index contributed by atoms with van der Waals surface area (Å²) < 4.78 is 7.19. The maximum atomic E-state index is 11.0. The second-order valence-electron chi connectivity index (χ2n) is 4.41. The van der Waals surface area contributed by atoms with Gasteiger partial charge in [-0.15, -0.1) is 0 Å². The van der Waals surface area contributed by atoms with Crippen molar-refractivity contribution in [3.05, 3.63) is 46.0 Å². The van der Waals surface area contributed by atoms with E-state index in [0.717, 1.165) is 6.42 Å². The molecule has 0 radical (unpaired) electrons. The summed E-state index contributed by atoms with van der Waals surface area (Å²) in [5, 5.41) is 24.1. The molecule has 0 fully saturated rings. The molecule has 0 bridgehead atoms. The van der Waals surface area contributed by atoms with Crippen LogP contribution in [0.5, 0.6) is 5.75 Å². The Bertz CT molecular complexity index is 626. The normalized spacial score (nSPS) is 10.6. The van der Waals surface area contributed by atoms with Gasteiger partial charge in [-0.2, -0.15) is 5.10 Å². The number of aromatic nitrogens is 3. The van der Waals surface area contributed by atoms with Gasteiger partial charge in [0, 0.05) is 12.6 Å². The number of aliphatic hydroxyl groups is 1. The molecule has 8 heteroatoms. The summed E-state index contributed by atoms with van der Waals surface area (Å²) in [7, 11) is 0. The maximum absolute atomic E-state index is 11.0. The van der Waals surface area contributed by atoms with Gasteiger partial charge in [-0.05, 0) is 24.1 Å². The molecular weight excluding hydrogens is 276 g/mol. The molecule has 0 unspecified atom stereocenters. The lowest BCUT2D eigenvalue weighted by Crippen LogP contribution is -2.09. The molecule has 112 valence electrons. The van der Waals surface area contributed by atoms with E-state index in [1.807, 2.05) is 6.92 Å². The third-order valence-corrected chi connectivity index (χ3v) is 2.89. The number of nitro groups is 1. The van der Waals surface area contributed by atoms with Crippen LogP contribution in [0.15, 0.2) is 24.5 Å².